The Bertz CT molecular complexity index is 966. The van der Waals surface area contributed by atoms with Gasteiger partial charge in [-0.05, 0) is 55.1 Å². The van der Waals surface area contributed by atoms with E-state index in [1.165, 1.54) is 0 Å². The molecule has 1 saturated heterocycles. The summed E-state index contributed by atoms with van der Waals surface area (Å²) < 4.78 is 5.24. The number of likely N-dealkylation sites (tertiary alicyclic amines) is 1. The quantitative estimate of drug-likeness (QED) is 0.378. The van der Waals surface area contributed by atoms with E-state index in [1.807, 2.05) is 12.1 Å². The number of aliphatic hydroxyl groups is 1. The number of carbonyl (C=O) groups excluding carboxylic acids is 2. The molecule has 7 heteroatoms. The summed E-state index contributed by atoms with van der Waals surface area (Å²) in [4.78, 5) is 29.7. The van der Waals surface area contributed by atoms with Crippen molar-refractivity contribution < 1.29 is 19.4 Å². The average molecular weight is 443 g/mol. The van der Waals surface area contributed by atoms with E-state index in [-0.39, 0.29) is 11.3 Å². The van der Waals surface area contributed by atoms with E-state index in [0.29, 0.717) is 29.4 Å². The molecule has 1 amide bonds. The maximum absolute atomic E-state index is 13.0. The molecule has 1 N–H and O–H groups in total. The van der Waals surface area contributed by atoms with Gasteiger partial charge in [-0.2, -0.15) is 0 Å². The Labute approximate surface area is 187 Å². The van der Waals surface area contributed by atoms with Gasteiger partial charge >= 0.3 is 0 Å². The van der Waals surface area contributed by atoms with Crippen molar-refractivity contribution in [3.63, 3.8) is 0 Å². The molecule has 0 spiro atoms. The van der Waals surface area contributed by atoms with Crippen LogP contribution in [0.2, 0.25) is 5.02 Å². The van der Waals surface area contributed by atoms with Crippen LogP contribution < -0.4 is 4.74 Å². The van der Waals surface area contributed by atoms with Crippen molar-refractivity contribution in [2.24, 2.45) is 0 Å². The molecular weight excluding hydrogens is 416 g/mol. The molecule has 1 heterocycles. The first-order chi connectivity index (χ1) is 14.9. The molecule has 0 bridgehead atoms. The second-order valence-corrected chi connectivity index (χ2v) is 7.74. The zero-order valence-corrected chi connectivity index (χ0v) is 18.7. The van der Waals surface area contributed by atoms with Crippen LogP contribution in [0, 0.1) is 0 Å². The molecule has 0 radical (unpaired) electrons. The molecule has 0 unspecified atom stereocenters. The summed E-state index contributed by atoms with van der Waals surface area (Å²) >= 11 is 5.96. The Morgan fingerprint density at radius 1 is 1.06 bits per heavy atom. The number of methoxy groups -OCH3 is 1. The zero-order chi connectivity index (χ0) is 22.5. The number of hydrogen-bond acceptors (Lipinski definition) is 5. The van der Waals surface area contributed by atoms with Crippen LogP contribution in [-0.2, 0) is 9.59 Å². The van der Waals surface area contributed by atoms with Gasteiger partial charge < -0.3 is 19.6 Å². The molecule has 0 saturated carbocycles. The van der Waals surface area contributed by atoms with Crippen molar-refractivity contribution >= 4 is 29.1 Å². The largest absolute Gasteiger partial charge is 0.507 e. The lowest BCUT2D eigenvalue weighted by Gasteiger charge is -2.28. The molecule has 2 aromatic rings. The van der Waals surface area contributed by atoms with Crippen LogP contribution in [0.1, 0.15) is 31.0 Å². The second kappa shape index (κ2) is 9.98. The molecule has 1 aliphatic heterocycles. The number of benzene rings is 2. The summed E-state index contributed by atoms with van der Waals surface area (Å²) in [5.74, 6) is -0.834. The van der Waals surface area contributed by atoms with Gasteiger partial charge in [0.15, 0.2) is 0 Å². The number of rotatable bonds is 8. The van der Waals surface area contributed by atoms with Crippen molar-refractivity contribution in [2.75, 3.05) is 33.3 Å². The predicted molar refractivity (Wildman–Crippen MR) is 121 cm³/mol. The predicted octanol–water partition coefficient (Wildman–Crippen LogP) is 4.11. The van der Waals surface area contributed by atoms with Crippen molar-refractivity contribution in [1.82, 2.24) is 9.80 Å². The number of aliphatic hydroxyl groups excluding tert-OH is 1. The van der Waals surface area contributed by atoms with E-state index < -0.39 is 17.7 Å². The molecule has 1 atom stereocenters. The molecule has 0 aromatic heterocycles. The minimum atomic E-state index is -0.687. The summed E-state index contributed by atoms with van der Waals surface area (Å²) in [6.07, 6.45) is 0. The highest BCUT2D eigenvalue weighted by molar-refractivity contribution is 6.46. The van der Waals surface area contributed by atoms with E-state index in [1.54, 1.807) is 48.4 Å². The number of ether oxygens (including phenoxy) is 1. The Balaban J connectivity index is 2.08. The maximum atomic E-state index is 13.0. The maximum Gasteiger partial charge on any atom is 0.295 e. The van der Waals surface area contributed by atoms with Gasteiger partial charge in [0.1, 0.15) is 11.5 Å². The topological polar surface area (TPSA) is 70.1 Å². The Kier molecular flexibility index (Phi) is 7.36. The molecule has 1 fully saturated rings. The monoisotopic (exact) mass is 442 g/mol. The number of nitrogens with zero attached hydrogens (tertiary/aromatic N) is 2. The Hall–Kier alpha value is -2.83. The third-order valence-corrected chi connectivity index (χ3v) is 5.89. The van der Waals surface area contributed by atoms with Crippen molar-refractivity contribution in [2.45, 2.75) is 19.9 Å². The first-order valence-corrected chi connectivity index (χ1v) is 10.7. The number of likely N-dealkylation sites (N-methyl/N-ethyl adjacent to an activating group) is 1. The summed E-state index contributed by atoms with van der Waals surface area (Å²) in [6, 6.07) is 13.0. The van der Waals surface area contributed by atoms with Crippen LogP contribution in [-0.4, -0.2) is 59.9 Å². The molecule has 31 heavy (non-hydrogen) atoms. The fraction of sp³-hybridized carbons (Fsp3) is 0.333. The van der Waals surface area contributed by atoms with Crippen molar-refractivity contribution in [3.05, 3.63) is 70.3 Å². The van der Waals surface area contributed by atoms with E-state index in [2.05, 4.69) is 18.7 Å². The van der Waals surface area contributed by atoms with Crippen LogP contribution in [0.5, 0.6) is 5.75 Å². The third kappa shape index (κ3) is 4.75. The highest BCUT2D eigenvalue weighted by atomic mass is 35.5. The molecule has 3 rings (SSSR count). The van der Waals surface area contributed by atoms with Crippen molar-refractivity contribution in [1.29, 1.82) is 0 Å². The number of ketones is 1. The number of amides is 1. The van der Waals surface area contributed by atoms with E-state index in [0.717, 1.165) is 18.7 Å². The number of hydrogen-bond donors (Lipinski definition) is 1. The van der Waals surface area contributed by atoms with Crippen molar-refractivity contribution in [3.8, 4) is 5.75 Å². The SMILES string of the molecule is CCN(CC)CCN1C(=O)C(=O)/C(=C(/O)c2ccc(Cl)cc2)[C@@H]1c1ccc(OC)cc1. The molecular formula is C24H27ClN2O4. The van der Waals surface area contributed by atoms with Crippen LogP contribution in [0.4, 0.5) is 0 Å². The Morgan fingerprint density at radius 3 is 2.23 bits per heavy atom. The van der Waals surface area contributed by atoms with Gasteiger partial charge in [0.25, 0.3) is 11.7 Å². The average Bonchev–Trinajstić information content (AvgIpc) is 3.04. The lowest BCUT2D eigenvalue weighted by Crippen LogP contribution is -2.38. The highest BCUT2D eigenvalue weighted by Crippen LogP contribution is 2.39. The second-order valence-electron chi connectivity index (χ2n) is 7.30. The van der Waals surface area contributed by atoms with Crippen LogP contribution in [0.15, 0.2) is 54.1 Å². The smallest absolute Gasteiger partial charge is 0.295 e. The standard InChI is InChI=1S/C24H27ClN2O4/c1-4-26(5-2)14-15-27-21(16-8-12-19(31-3)13-9-16)20(23(29)24(27)30)22(28)17-6-10-18(25)11-7-17/h6-13,21,28H,4-5,14-15H2,1-3H3/b22-20+/t21-/m0/s1. The highest BCUT2D eigenvalue weighted by Gasteiger charge is 2.45. The van der Waals surface area contributed by atoms with Gasteiger partial charge in [-0.1, -0.05) is 37.6 Å². The normalized spacial score (nSPS) is 18.1. The van der Waals surface area contributed by atoms with Gasteiger partial charge in [-0.15, -0.1) is 0 Å². The molecule has 0 aliphatic carbocycles. The van der Waals surface area contributed by atoms with E-state index >= 15 is 0 Å². The fourth-order valence-corrected chi connectivity index (χ4v) is 3.92. The van der Waals surface area contributed by atoms with E-state index in [9.17, 15) is 14.7 Å². The minimum absolute atomic E-state index is 0.0806. The first kappa shape index (κ1) is 22.8. The fourth-order valence-electron chi connectivity index (χ4n) is 3.80. The van der Waals surface area contributed by atoms with Crippen LogP contribution >= 0.6 is 11.6 Å². The van der Waals surface area contributed by atoms with Gasteiger partial charge in [0.05, 0.1) is 18.7 Å². The molecule has 6 nitrogen and oxygen atoms in total. The number of Topliss-reactive ketones (excluding diaryl/α,β-unsaturated/α-hetero) is 1. The van der Waals surface area contributed by atoms with Gasteiger partial charge in [-0.3, -0.25) is 9.59 Å². The molecule has 1 aliphatic rings. The molecule has 2 aromatic carbocycles. The van der Waals surface area contributed by atoms with Crippen LogP contribution in [0.25, 0.3) is 5.76 Å². The zero-order valence-electron chi connectivity index (χ0n) is 18.0. The third-order valence-electron chi connectivity index (χ3n) is 5.64. The number of carbonyl (C=O) groups is 2. The van der Waals surface area contributed by atoms with Gasteiger partial charge in [0, 0.05) is 23.7 Å². The number of halogens is 1. The molecule has 164 valence electrons. The van der Waals surface area contributed by atoms with Gasteiger partial charge in [0.2, 0.25) is 0 Å². The minimum Gasteiger partial charge on any atom is -0.507 e. The summed E-state index contributed by atoms with van der Waals surface area (Å²) in [5.41, 5.74) is 1.25. The lowest BCUT2D eigenvalue weighted by atomic mass is 9.95. The summed E-state index contributed by atoms with van der Waals surface area (Å²) in [6.45, 7) is 6.81. The first-order valence-electron chi connectivity index (χ1n) is 10.3. The van der Waals surface area contributed by atoms with Gasteiger partial charge in [-0.25, -0.2) is 0 Å². The summed E-state index contributed by atoms with van der Waals surface area (Å²) in [5, 5.41) is 11.5. The Morgan fingerprint density at radius 2 is 1.68 bits per heavy atom. The lowest BCUT2D eigenvalue weighted by molar-refractivity contribution is -0.140. The summed E-state index contributed by atoms with van der Waals surface area (Å²) in [7, 11) is 1.58. The van der Waals surface area contributed by atoms with Crippen LogP contribution in [0.3, 0.4) is 0 Å². The van der Waals surface area contributed by atoms with E-state index in [4.69, 9.17) is 16.3 Å².